The fraction of sp³-hybridized carbons (Fsp3) is 0.407. The van der Waals surface area contributed by atoms with Crippen molar-refractivity contribution in [1.82, 2.24) is 40.5 Å². The molecule has 3 aromatic heterocycles. The number of likely N-dealkylation sites (tertiary alicyclic amines) is 2. The normalized spacial score (nSPS) is 17.1. The zero-order valence-corrected chi connectivity index (χ0v) is 42.8. The molecular formula is C54H64N8O6S2. The number of rotatable bonds is 14. The molecule has 2 N–H and O–H groups in total. The third-order valence-corrected chi connectivity index (χ3v) is 15.1. The van der Waals surface area contributed by atoms with E-state index in [9.17, 15) is 24.0 Å². The summed E-state index contributed by atoms with van der Waals surface area (Å²) in [5.74, 6) is -0.230. The van der Waals surface area contributed by atoms with E-state index >= 15 is 0 Å². The maximum atomic E-state index is 13.8. The summed E-state index contributed by atoms with van der Waals surface area (Å²) in [4.78, 5) is 79.5. The Hall–Kier alpha value is -6.36. The van der Waals surface area contributed by atoms with E-state index in [-0.39, 0.29) is 41.5 Å². The van der Waals surface area contributed by atoms with E-state index < -0.39 is 12.1 Å². The Kier molecular flexibility index (Phi) is 17.6. The summed E-state index contributed by atoms with van der Waals surface area (Å²) >= 11 is 3.31. The monoisotopic (exact) mass is 984 g/mol. The number of aldehydes is 1. The molecule has 0 aliphatic carbocycles. The lowest BCUT2D eigenvalue weighted by molar-refractivity contribution is -0.143. The number of nitrogens with zero attached hydrogens (tertiary/aromatic N) is 6. The average molecular weight is 985 g/mol. The van der Waals surface area contributed by atoms with Crippen LogP contribution in [0.3, 0.4) is 0 Å². The van der Waals surface area contributed by atoms with Crippen LogP contribution in [0.25, 0.3) is 20.9 Å². The van der Waals surface area contributed by atoms with Crippen LogP contribution in [0.5, 0.6) is 0 Å². The van der Waals surface area contributed by atoms with Crippen molar-refractivity contribution < 1.29 is 28.5 Å². The first kappa shape index (κ1) is 51.5. The Morgan fingerprint density at radius 1 is 0.814 bits per heavy atom. The molecule has 3 aliphatic rings. The molecule has 3 aromatic carbocycles. The molecule has 14 nitrogen and oxygen atoms in total. The summed E-state index contributed by atoms with van der Waals surface area (Å²) in [6.07, 6.45) is 4.56. The van der Waals surface area contributed by atoms with Gasteiger partial charge in [-0.1, -0.05) is 92.7 Å². The molecule has 2 fully saturated rings. The van der Waals surface area contributed by atoms with Crippen molar-refractivity contribution in [3.63, 3.8) is 0 Å². The molecule has 368 valence electrons. The number of carbonyl (C=O) groups is 5. The minimum absolute atomic E-state index is 0.0248. The zero-order valence-electron chi connectivity index (χ0n) is 41.1. The summed E-state index contributed by atoms with van der Waals surface area (Å²) in [7, 11) is 1.96. The smallest absolute Gasteiger partial charge is 0.255 e. The number of carbonyl (C=O) groups excluding carboxylic acids is 5. The molecule has 6 heterocycles. The van der Waals surface area contributed by atoms with Crippen LogP contribution in [0.2, 0.25) is 0 Å². The second-order valence-corrected chi connectivity index (χ2v) is 20.1. The Labute approximate surface area is 418 Å². The summed E-state index contributed by atoms with van der Waals surface area (Å²) in [5.41, 5.74) is 12.9. The molecule has 70 heavy (non-hydrogen) atoms. The van der Waals surface area contributed by atoms with Gasteiger partial charge in [-0.3, -0.25) is 19.2 Å². The molecule has 0 spiro atoms. The molecule has 3 aliphatic heterocycles. The number of fused-ring (bicyclic) bond motifs is 1. The lowest BCUT2D eigenvalue weighted by atomic mass is 10.0. The third kappa shape index (κ3) is 12.0. The van der Waals surface area contributed by atoms with E-state index in [4.69, 9.17) is 4.52 Å². The molecule has 4 amide bonds. The van der Waals surface area contributed by atoms with Crippen molar-refractivity contribution in [1.29, 1.82) is 0 Å². The summed E-state index contributed by atoms with van der Waals surface area (Å²) in [6, 6.07) is 24.7. The van der Waals surface area contributed by atoms with E-state index in [1.165, 1.54) is 16.0 Å². The number of amides is 4. The molecule has 0 bridgehead atoms. The molecule has 2 saturated heterocycles. The van der Waals surface area contributed by atoms with E-state index in [0.29, 0.717) is 50.3 Å². The van der Waals surface area contributed by atoms with Gasteiger partial charge in [0.1, 0.15) is 24.1 Å². The van der Waals surface area contributed by atoms with Crippen LogP contribution < -0.4 is 10.6 Å². The molecule has 4 atom stereocenters. The van der Waals surface area contributed by atoms with Gasteiger partial charge in [0, 0.05) is 44.4 Å². The van der Waals surface area contributed by atoms with E-state index in [1.54, 1.807) is 43.4 Å². The second kappa shape index (κ2) is 24.0. The molecule has 0 saturated carbocycles. The lowest BCUT2D eigenvalue weighted by Gasteiger charge is -2.35. The van der Waals surface area contributed by atoms with Crippen LogP contribution in [-0.4, -0.2) is 98.0 Å². The first-order valence-corrected chi connectivity index (χ1v) is 25.9. The maximum absolute atomic E-state index is 13.8. The van der Waals surface area contributed by atoms with Gasteiger partial charge >= 0.3 is 0 Å². The molecule has 0 radical (unpaired) electrons. The highest BCUT2D eigenvalue weighted by Crippen LogP contribution is 2.32. The van der Waals surface area contributed by atoms with Gasteiger partial charge in [0.15, 0.2) is 0 Å². The second-order valence-electron chi connectivity index (χ2n) is 18.4. The SMILES string of the molecule is CCC(C(=O)N1CCCC1C=O)c1cc(C)no1.CNCc1ccc(-c2scnc2C)cc1.Cc1ncsc1-c1ccc(CNC(=O)C2CCCN2C(=O)C(C(C)C)N2Cc3ccccc3C2=O)cc1. The maximum Gasteiger partial charge on any atom is 0.255 e. The minimum Gasteiger partial charge on any atom is -0.360 e. The fourth-order valence-electron chi connectivity index (χ4n) is 9.42. The number of aryl methyl sites for hydroxylation is 3. The summed E-state index contributed by atoms with van der Waals surface area (Å²) in [5, 5.41) is 9.99. The minimum atomic E-state index is -0.601. The molecule has 4 unspecified atom stereocenters. The molecule has 6 aromatic rings. The van der Waals surface area contributed by atoms with Crippen molar-refractivity contribution in [3.05, 3.63) is 135 Å². The highest BCUT2D eigenvalue weighted by atomic mass is 32.1. The van der Waals surface area contributed by atoms with Gasteiger partial charge in [-0.15, -0.1) is 22.7 Å². The first-order valence-electron chi connectivity index (χ1n) is 24.1. The van der Waals surface area contributed by atoms with E-state index in [2.05, 4.69) is 50.0 Å². The lowest BCUT2D eigenvalue weighted by Crippen LogP contribution is -2.55. The topological polar surface area (TPSA) is 171 Å². The van der Waals surface area contributed by atoms with Crippen LogP contribution in [0.15, 0.2) is 94.4 Å². The first-order chi connectivity index (χ1) is 33.8. The Morgan fingerprint density at radius 3 is 1.94 bits per heavy atom. The van der Waals surface area contributed by atoms with Crippen molar-refractivity contribution in [2.75, 3.05) is 20.1 Å². The van der Waals surface area contributed by atoms with Gasteiger partial charge < -0.3 is 34.7 Å². The number of aromatic nitrogens is 3. The van der Waals surface area contributed by atoms with Crippen LogP contribution in [0, 0.1) is 26.7 Å². The van der Waals surface area contributed by atoms with Crippen LogP contribution >= 0.6 is 22.7 Å². The predicted molar refractivity (Wildman–Crippen MR) is 274 cm³/mol. The fourth-order valence-corrected chi connectivity index (χ4v) is 11.0. The number of hydrogen-bond acceptors (Lipinski definition) is 12. The molecular weight excluding hydrogens is 921 g/mol. The third-order valence-electron chi connectivity index (χ3n) is 13.1. The number of thiazole rings is 2. The van der Waals surface area contributed by atoms with Gasteiger partial charge in [0.25, 0.3) is 5.91 Å². The Balaban J connectivity index is 0.000000180. The van der Waals surface area contributed by atoms with Crippen molar-refractivity contribution in [3.8, 4) is 20.9 Å². The van der Waals surface area contributed by atoms with Gasteiger partial charge in [0.2, 0.25) is 17.7 Å². The highest BCUT2D eigenvalue weighted by Gasteiger charge is 2.44. The summed E-state index contributed by atoms with van der Waals surface area (Å²) in [6.45, 7) is 14.7. The summed E-state index contributed by atoms with van der Waals surface area (Å²) < 4.78 is 5.18. The van der Waals surface area contributed by atoms with E-state index in [1.807, 2.05) is 108 Å². The van der Waals surface area contributed by atoms with Crippen molar-refractivity contribution >= 4 is 52.6 Å². The average Bonchev–Trinajstić information content (AvgIpc) is 4.25. The standard InChI is InChI=1S/C29H32N4O3S.C13H18N2O3.C12H14N2S/c1-18(2)25(33-16-22-7-4-5-8-23(22)28(33)35)29(36)32-14-6-9-24(32)27(34)30-15-20-10-12-21(13-11-20)26-19(3)31-17-37-26;1-3-11(12-7-9(2)14-18-12)13(17)15-6-4-5-10(15)8-16;1-9-12(15-8-14-9)11-5-3-10(4-6-11)7-13-2/h4-5,7-8,10-13,17-18,24-25H,6,9,14-16H2,1-3H3,(H,30,34);7-8,10-11H,3-6H2,1-2H3;3-6,8,13H,7H2,1-2H3. The predicted octanol–water partition coefficient (Wildman–Crippen LogP) is 8.91. The van der Waals surface area contributed by atoms with E-state index in [0.717, 1.165) is 70.7 Å². The van der Waals surface area contributed by atoms with Gasteiger partial charge in [-0.05, 0) is 99.7 Å². The quantitative estimate of drug-likeness (QED) is 0.101. The molecule has 16 heteroatoms. The van der Waals surface area contributed by atoms with Gasteiger partial charge in [-0.25, -0.2) is 9.97 Å². The number of nitrogens with one attached hydrogen (secondary N) is 2. The largest absolute Gasteiger partial charge is 0.360 e. The number of benzene rings is 3. The molecule has 9 rings (SSSR count). The van der Waals surface area contributed by atoms with Crippen LogP contribution in [0.4, 0.5) is 0 Å². The van der Waals surface area contributed by atoms with Crippen molar-refractivity contribution in [2.24, 2.45) is 5.92 Å². The van der Waals surface area contributed by atoms with Gasteiger partial charge in [0.05, 0.1) is 49.8 Å². The Bertz CT molecular complexity index is 2730. The Morgan fingerprint density at radius 2 is 1.41 bits per heavy atom. The van der Waals surface area contributed by atoms with Crippen molar-refractivity contribution in [2.45, 2.75) is 117 Å². The van der Waals surface area contributed by atoms with Gasteiger partial charge in [-0.2, -0.15) is 0 Å². The zero-order chi connectivity index (χ0) is 49.9. The highest BCUT2D eigenvalue weighted by molar-refractivity contribution is 7.13. The number of hydrogen-bond donors (Lipinski definition) is 2. The van der Waals surface area contributed by atoms with Crippen LogP contribution in [0.1, 0.15) is 109 Å². The van der Waals surface area contributed by atoms with Crippen LogP contribution in [-0.2, 0) is 38.8 Å².